The van der Waals surface area contributed by atoms with Gasteiger partial charge in [0.2, 0.25) is 0 Å². The molecule has 2 rings (SSSR count). The molecule has 0 aliphatic carbocycles. The molecule has 0 saturated heterocycles. The van der Waals surface area contributed by atoms with Crippen molar-refractivity contribution in [3.63, 3.8) is 0 Å². The van der Waals surface area contributed by atoms with Gasteiger partial charge < -0.3 is 4.90 Å². The number of hydrogen-bond acceptors (Lipinski definition) is 1. The second-order valence-corrected chi connectivity index (χ2v) is 5.65. The highest BCUT2D eigenvalue weighted by Crippen LogP contribution is 2.29. The molecular weight excluding hydrogens is 230 g/mol. The molecule has 0 amide bonds. The second-order valence-electron chi connectivity index (χ2n) is 5.65. The molecule has 100 valence electrons. The lowest BCUT2D eigenvalue weighted by Crippen LogP contribution is -2.25. The van der Waals surface area contributed by atoms with Crippen molar-refractivity contribution in [2.24, 2.45) is 0 Å². The number of anilines is 2. The summed E-state index contributed by atoms with van der Waals surface area (Å²) in [4.78, 5) is 2.39. The fourth-order valence-electron chi connectivity index (χ4n) is 2.54. The van der Waals surface area contributed by atoms with Crippen molar-refractivity contribution in [3.8, 4) is 0 Å². The molecule has 0 atom stereocenters. The van der Waals surface area contributed by atoms with Gasteiger partial charge in [-0.2, -0.15) is 0 Å². The van der Waals surface area contributed by atoms with Gasteiger partial charge in [-0.25, -0.2) is 0 Å². The normalized spacial score (nSPS) is 10.8. The van der Waals surface area contributed by atoms with Crippen LogP contribution in [0.5, 0.6) is 0 Å². The molecule has 2 aromatic carbocycles. The van der Waals surface area contributed by atoms with Gasteiger partial charge >= 0.3 is 0 Å². The lowest BCUT2D eigenvalue weighted by molar-refractivity contribution is 0.788. The van der Waals surface area contributed by atoms with E-state index in [0.717, 1.165) is 0 Å². The van der Waals surface area contributed by atoms with Gasteiger partial charge in [0.05, 0.1) is 0 Å². The first-order valence-corrected chi connectivity index (χ1v) is 6.91. The van der Waals surface area contributed by atoms with Crippen LogP contribution >= 0.6 is 0 Å². The first-order chi connectivity index (χ1) is 8.97. The summed E-state index contributed by atoms with van der Waals surface area (Å²) in [5, 5.41) is 0. The molecule has 0 aromatic heterocycles. The Kier molecular flexibility index (Phi) is 3.94. The van der Waals surface area contributed by atoms with Crippen LogP contribution in [0.25, 0.3) is 0 Å². The van der Waals surface area contributed by atoms with E-state index in [-0.39, 0.29) is 0 Å². The maximum absolute atomic E-state index is 2.39. The van der Waals surface area contributed by atoms with E-state index in [1.807, 2.05) is 0 Å². The summed E-state index contributed by atoms with van der Waals surface area (Å²) in [5.74, 6) is 0. The predicted octanol–water partition coefficient (Wildman–Crippen LogP) is 5.16. The van der Waals surface area contributed by atoms with Crippen LogP contribution in [0.15, 0.2) is 42.5 Å². The Morgan fingerprint density at radius 1 is 0.684 bits per heavy atom. The molecule has 0 fully saturated rings. The number of nitrogens with zero attached hydrogens (tertiary/aromatic N) is 1. The largest absolute Gasteiger partial charge is 0.339 e. The van der Waals surface area contributed by atoms with Gasteiger partial charge in [0, 0.05) is 17.4 Å². The highest BCUT2D eigenvalue weighted by molar-refractivity contribution is 5.65. The molecule has 0 aliphatic rings. The Bertz CT molecular complexity index is 532. The Morgan fingerprint density at radius 3 is 1.68 bits per heavy atom. The summed E-state index contributed by atoms with van der Waals surface area (Å²) < 4.78 is 0. The average molecular weight is 253 g/mol. The Hall–Kier alpha value is -1.76. The second kappa shape index (κ2) is 5.48. The van der Waals surface area contributed by atoms with Crippen LogP contribution < -0.4 is 4.90 Å². The zero-order chi connectivity index (χ0) is 14.0. The van der Waals surface area contributed by atoms with Gasteiger partial charge in [-0.05, 0) is 70.0 Å². The van der Waals surface area contributed by atoms with Gasteiger partial charge in [-0.15, -0.1) is 0 Å². The highest BCUT2D eigenvalue weighted by atomic mass is 15.2. The summed E-state index contributed by atoms with van der Waals surface area (Å²) >= 11 is 0. The topological polar surface area (TPSA) is 3.24 Å². The quantitative estimate of drug-likeness (QED) is 0.730. The Balaban J connectivity index is 2.48. The predicted molar refractivity (Wildman–Crippen MR) is 84.4 cm³/mol. The van der Waals surface area contributed by atoms with Crippen molar-refractivity contribution in [2.75, 3.05) is 4.90 Å². The third kappa shape index (κ3) is 3.17. The van der Waals surface area contributed by atoms with Crippen molar-refractivity contribution in [1.29, 1.82) is 0 Å². The molecule has 0 radical (unpaired) electrons. The lowest BCUT2D eigenvalue weighted by atomic mass is 10.1. The zero-order valence-corrected chi connectivity index (χ0v) is 12.6. The maximum Gasteiger partial charge on any atom is 0.0418 e. The standard InChI is InChI=1S/C18H23N/c1-13(2)19(17-8-6-14(3)7-9-17)18-11-15(4)10-16(5)12-18/h6-13H,1-5H3. The number of hydrogen-bond donors (Lipinski definition) is 0. The van der Waals surface area contributed by atoms with E-state index in [2.05, 4.69) is 82.0 Å². The van der Waals surface area contributed by atoms with Crippen molar-refractivity contribution >= 4 is 11.4 Å². The molecule has 1 heteroatoms. The molecule has 0 spiro atoms. The van der Waals surface area contributed by atoms with E-state index in [9.17, 15) is 0 Å². The van der Waals surface area contributed by atoms with Crippen molar-refractivity contribution in [1.82, 2.24) is 0 Å². The number of benzene rings is 2. The van der Waals surface area contributed by atoms with Crippen LogP contribution in [0.2, 0.25) is 0 Å². The van der Waals surface area contributed by atoms with Crippen LogP contribution in [-0.2, 0) is 0 Å². The van der Waals surface area contributed by atoms with E-state index in [4.69, 9.17) is 0 Å². The highest BCUT2D eigenvalue weighted by Gasteiger charge is 2.13. The minimum atomic E-state index is 0.434. The van der Waals surface area contributed by atoms with Crippen LogP contribution in [0, 0.1) is 20.8 Å². The van der Waals surface area contributed by atoms with Crippen molar-refractivity contribution < 1.29 is 0 Å². The third-order valence-electron chi connectivity index (χ3n) is 3.31. The fourth-order valence-corrected chi connectivity index (χ4v) is 2.54. The Morgan fingerprint density at radius 2 is 1.21 bits per heavy atom. The zero-order valence-electron chi connectivity index (χ0n) is 12.6. The molecule has 0 unspecified atom stereocenters. The first kappa shape index (κ1) is 13.7. The van der Waals surface area contributed by atoms with Crippen molar-refractivity contribution in [3.05, 3.63) is 59.2 Å². The summed E-state index contributed by atoms with van der Waals surface area (Å²) in [6.07, 6.45) is 0. The van der Waals surface area contributed by atoms with E-state index < -0.39 is 0 Å². The average Bonchev–Trinajstić information content (AvgIpc) is 2.30. The summed E-state index contributed by atoms with van der Waals surface area (Å²) in [6, 6.07) is 15.9. The SMILES string of the molecule is Cc1ccc(N(c2cc(C)cc(C)c2)C(C)C)cc1. The molecule has 0 aliphatic heterocycles. The number of rotatable bonds is 3. The molecule has 1 nitrogen and oxygen atoms in total. The monoisotopic (exact) mass is 253 g/mol. The van der Waals surface area contributed by atoms with Gasteiger partial charge in [-0.3, -0.25) is 0 Å². The summed E-state index contributed by atoms with van der Waals surface area (Å²) in [5.41, 5.74) is 6.45. The van der Waals surface area contributed by atoms with Crippen LogP contribution in [-0.4, -0.2) is 6.04 Å². The van der Waals surface area contributed by atoms with Gasteiger partial charge in [-0.1, -0.05) is 23.8 Å². The van der Waals surface area contributed by atoms with E-state index >= 15 is 0 Å². The van der Waals surface area contributed by atoms with Crippen LogP contribution in [0.3, 0.4) is 0 Å². The molecule has 0 heterocycles. The van der Waals surface area contributed by atoms with Crippen LogP contribution in [0.1, 0.15) is 30.5 Å². The van der Waals surface area contributed by atoms with Gasteiger partial charge in [0.1, 0.15) is 0 Å². The van der Waals surface area contributed by atoms with Gasteiger partial charge in [0.25, 0.3) is 0 Å². The van der Waals surface area contributed by atoms with E-state index in [1.54, 1.807) is 0 Å². The minimum absolute atomic E-state index is 0.434. The van der Waals surface area contributed by atoms with Crippen molar-refractivity contribution in [2.45, 2.75) is 40.7 Å². The van der Waals surface area contributed by atoms with Crippen LogP contribution in [0.4, 0.5) is 11.4 Å². The molecule has 2 aromatic rings. The smallest absolute Gasteiger partial charge is 0.0418 e. The van der Waals surface area contributed by atoms with E-state index in [0.29, 0.717) is 6.04 Å². The van der Waals surface area contributed by atoms with E-state index in [1.165, 1.54) is 28.1 Å². The summed E-state index contributed by atoms with van der Waals surface area (Å²) in [7, 11) is 0. The number of aryl methyl sites for hydroxylation is 3. The maximum atomic E-state index is 2.39. The fraction of sp³-hybridized carbons (Fsp3) is 0.333. The summed E-state index contributed by atoms with van der Waals surface area (Å²) in [6.45, 7) is 10.9. The molecule has 0 N–H and O–H groups in total. The Labute approximate surface area is 116 Å². The lowest BCUT2D eigenvalue weighted by Gasteiger charge is -2.30. The minimum Gasteiger partial charge on any atom is -0.339 e. The van der Waals surface area contributed by atoms with Gasteiger partial charge in [0.15, 0.2) is 0 Å². The molecule has 0 bridgehead atoms. The molecule has 19 heavy (non-hydrogen) atoms. The molecular formula is C18H23N. The first-order valence-electron chi connectivity index (χ1n) is 6.91. The third-order valence-corrected chi connectivity index (χ3v) is 3.31. The molecule has 0 saturated carbocycles.